The lowest BCUT2D eigenvalue weighted by atomic mass is 10.3. The number of benzene rings is 1. The Morgan fingerprint density at radius 3 is 2.83 bits per heavy atom. The second kappa shape index (κ2) is 3.82. The van der Waals surface area contributed by atoms with Crippen molar-refractivity contribution in [3.05, 3.63) is 18.2 Å². The number of phenolic OH excluding ortho intramolecular Hbond substituents is 1. The summed E-state index contributed by atoms with van der Waals surface area (Å²) in [6.07, 6.45) is 0. The molecular weight excluding hydrogens is 156 g/mol. The van der Waals surface area contributed by atoms with Gasteiger partial charge in [0.1, 0.15) is 11.5 Å². The summed E-state index contributed by atoms with van der Waals surface area (Å²) in [5.41, 5.74) is 2.84. The molecule has 12 heavy (non-hydrogen) atoms. The van der Waals surface area contributed by atoms with Crippen LogP contribution in [0.1, 0.15) is 6.92 Å². The molecule has 0 saturated carbocycles. The third-order valence-electron chi connectivity index (χ3n) is 1.44. The van der Waals surface area contributed by atoms with E-state index in [0.717, 1.165) is 0 Å². The molecule has 0 unspecified atom stereocenters. The highest BCUT2D eigenvalue weighted by molar-refractivity contribution is 5.57. The second-order valence-electron chi connectivity index (χ2n) is 2.26. The average Bonchev–Trinajstić information content (AvgIpc) is 2.05. The lowest BCUT2D eigenvalue weighted by Gasteiger charge is -2.06. The number of phenols is 1. The number of rotatable bonds is 3. The number of hydrazine groups is 1. The van der Waals surface area contributed by atoms with E-state index >= 15 is 0 Å². The molecule has 0 spiro atoms. The molecule has 0 radical (unpaired) electrons. The largest absolute Gasteiger partial charge is 0.506 e. The topological polar surface area (TPSA) is 67.5 Å². The number of hydrogen-bond acceptors (Lipinski definition) is 4. The quantitative estimate of drug-likeness (QED) is 0.359. The standard InChI is InChI=1S/C8H12N2O2/c1-2-12-6-3-4-7(10-9)8(11)5-6/h3-5,10-11H,2,9H2,1H3. The Balaban J connectivity index is 2.86. The van der Waals surface area contributed by atoms with Gasteiger partial charge in [0.2, 0.25) is 0 Å². The first kappa shape index (κ1) is 8.67. The van der Waals surface area contributed by atoms with Crippen LogP contribution in [-0.2, 0) is 0 Å². The Hall–Kier alpha value is -1.42. The predicted octanol–water partition coefficient (Wildman–Crippen LogP) is 1.08. The molecule has 0 atom stereocenters. The normalized spacial score (nSPS) is 9.50. The van der Waals surface area contributed by atoms with Crippen LogP contribution in [0.3, 0.4) is 0 Å². The van der Waals surface area contributed by atoms with Gasteiger partial charge in [-0.05, 0) is 19.1 Å². The third kappa shape index (κ3) is 1.79. The van der Waals surface area contributed by atoms with Crippen molar-refractivity contribution in [1.82, 2.24) is 0 Å². The van der Waals surface area contributed by atoms with E-state index < -0.39 is 0 Å². The predicted molar refractivity (Wildman–Crippen MR) is 47.1 cm³/mol. The molecule has 0 heterocycles. The van der Waals surface area contributed by atoms with E-state index in [1.807, 2.05) is 6.92 Å². The Labute approximate surface area is 70.9 Å². The number of ether oxygens (including phenoxy) is 1. The van der Waals surface area contributed by atoms with Crippen LogP contribution < -0.4 is 16.0 Å². The maximum absolute atomic E-state index is 9.30. The first-order chi connectivity index (χ1) is 5.77. The Morgan fingerprint density at radius 2 is 2.33 bits per heavy atom. The Morgan fingerprint density at radius 1 is 1.58 bits per heavy atom. The molecule has 0 saturated heterocycles. The molecule has 0 aliphatic carbocycles. The first-order valence-corrected chi connectivity index (χ1v) is 3.70. The van der Waals surface area contributed by atoms with Gasteiger partial charge in [-0.1, -0.05) is 0 Å². The van der Waals surface area contributed by atoms with Gasteiger partial charge in [-0.15, -0.1) is 0 Å². The second-order valence-corrected chi connectivity index (χ2v) is 2.26. The van der Waals surface area contributed by atoms with E-state index in [9.17, 15) is 5.11 Å². The molecule has 1 rings (SSSR count). The van der Waals surface area contributed by atoms with Crippen molar-refractivity contribution >= 4 is 5.69 Å². The van der Waals surface area contributed by atoms with Crippen LogP contribution in [0.15, 0.2) is 18.2 Å². The average molecular weight is 168 g/mol. The minimum absolute atomic E-state index is 0.0865. The van der Waals surface area contributed by atoms with Crippen molar-refractivity contribution in [2.24, 2.45) is 5.84 Å². The minimum Gasteiger partial charge on any atom is -0.506 e. The first-order valence-electron chi connectivity index (χ1n) is 3.70. The summed E-state index contributed by atoms with van der Waals surface area (Å²) in [5.74, 6) is 5.84. The van der Waals surface area contributed by atoms with E-state index in [4.69, 9.17) is 10.6 Å². The summed E-state index contributed by atoms with van der Waals surface area (Å²) in [7, 11) is 0. The SMILES string of the molecule is CCOc1ccc(NN)c(O)c1. The van der Waals surface area contributed by atoms with Gasteiger partial charge in [0.15, 0.2) is 0 Å². The number of nitrogens with two attached hydrogens (primary N) is 1. The van der Waals surface area contributed by atoms with Gasteiger partial charge in [0.25, 0.3) is 0 Å². The lowest BCUT2D eigenvalue weighted by Crippen LogP contribution is -2.06. The highest BCUT2D eigenvalue weighted by Gasteiger charge is 2.00. The van der Waals surface area contributed by atoms with Crippen molar-refractivity contribution in [3.63, 3.8) is 0 Å². The van der Waals surface area contributed by atoms with Crippen molar-refractivity contribution in [1.29, 1.82) is 0 Å². The summed E-state index contributed by atoms with van der Waals surface area (Å²) in [6, 6.07) is 4.90. The van der Waals surface area contributed by atoms with Crippen molar-refractivity contribution in [2.75, 3.05) is 12.0 Å². The number of aromatic hydroxyl groups is 1. The van der Waals surface area contributed by atoms with Gasteiger partial charge in [0, 0.05) is 6.07 Å². The van der Waals surface area contributed by atoms with Gasteiger partial charge in [0.05, 0.1) is 12.3 Å². The fraction of sp³-hybridized carbons (Fsp3) is 0.250. The number of nitrogens with one attached hydrogen (secondary N) is 1. The zero-order chi connectivity index (χ0) is 8.97. The van der Waals surface area contributed by atoms with Crippen LogP contribution >= 0.6 is 0 Å². The van der Waals surface area contributed by atoms with E-state index in [-0.39, 0.29) is 5.75 Å². The fourth-order valence-corrected chi connectivity index (χ4v) is 0.890. The maximum atomic E-state index is 9.30. The zero-order valence-corrected chi connectivity index (χ0v) is 6.87. The molecule has 0 fully saturated rings. The van der Waals surface area contributed by atoms with Crippen LogP contribution in [0.25, 0.3) is 0 Å². The van der Waals surface area contributed by atoms with E-state index in [1.54, 1.807) is 12.1 Å². The summed E-state index contributed by atoms with van der Waals surface area (Å²) in [5, 5.41) is 9.30. The summed E-state index contributed by atoms with van der Waals surface area (Å²) >= 11 is 0. The number of hydrogen-bond donors (Lipinski definition) is 3. The molecule has 0 amide bonds. The monoisotopic (exact) mass is 168 g/mol. The van der Waals surface area contributed by atoms with E-state index in [2.05, 4.69) is 5.43 Å². The molecular formula is C8H12N2O2. The number of anilines is 1. The van der Waals surface area contributed by atoms with Gasteiger partial charge in [-0.25, -0.2) is 0 Å². The molecule has 1 aromatic rings. The van der Waals surface area contributed by atoms with Crippen molar-refractivity contribution in [3.8, 4) is 11.5 Å². The summed E-state index contributed by atoms with van der Waals surface area (Å²) < 4.78 is 5.16. The molecule has 0 aliphatic rings. The number of nitrogen functional groups attached to an aromatic ring is 1. The van der Waals surface area contributed by atoms with Gasteiger partial charge < -0.3 is 15.3 Å². The third-order valence-corrected chi connectivity index (χ3v) is 1.44. The summed E-state index contributed by atoms with van der Waals surface area (Å²) in [6.45, 7) is 2.46. The van der Waals surface area contributed by atoms with Gasteiger partial charge in [-0.2, -0.15) is 0 Å². The maximum Gasteiger partial charge on any atom is 0.143 e. The molecule has 4 heteroatoms. The Kier molecular flexibility index (Phi) is 2.76. The highest BCUT2D eigenvalue weighted by atomic mass is 16.5. The van der Waals surface area contributed by atoms with Crippen LogP contribution in [0, 0.1) is 0 Å². The molecule has 4 nitrogen and oxygen atoms in total. The van der Waals surface area contributed by atoms with Crippen molar-refractivity contribution < 1.29 is 9.84 Å². The molecule has 0 aliphatic heterocycles. The van der Waals surface area contributed by atoms with Crippen LogP contribution in [0.2, 0.25) is 0 Å². The Bertz CT molecular complexity index is 263. The smallest absolute Gasteiger partial charge is 0.143 e. The lowest BCUT2D eigenvalue weighted by molar-refractivity contribution is 0.338. The zero-order valence-electron chi connectivity index (χ0n) is 6.87. The minimum atomic E-state index is 0.0865. The van der Waals surface area contributed by atoms with Crippen LogP contribution in [0.4, 0.5) is 5.69 Å². The van der Waals surface area contributed by atoms with Crippen LogP contribution in [0.5, 0.6) is 11.5 Å². The molecule has 0 bridgehead atoms. The van der Waals surface area contributed by atoms with Crippen molar-refractivity contribution in [2.45, 2.75) is 6.92 Å². The summed E-state index contributed by atoms with van der Waals surface area (Å²) in [4.78, 5) is 0. The molecule has 4 N–H and O–H groups in total. The molecule has 66 valence electrons. The fourth-order valence-electron chi connectivity index (χ4n) is 0.890. The van der Waals surface area contributed by atoms with E-state index in [0.29, 0.717) is 18.0 Å². The van der Waals surface area contributed by atoms with Gasteiger partial charge in [-0.3, -0.25) is 5.84 Å². The molecule has 1 aromatic carbocycles. The van der Waals surface area contributed by atoms with Crippen LogP contribution in [-0.4, -0.2) is 11.7 Å². The van der Waals surface area contributed by atoms with Gasteiger partial charge >= 0.3 is 0 Å². The highest BCUT2D eigenvalue weighted by Crippen LogP contribution is 2.26. The van der Waals surface area contributed by atoms with E-state index in [1.165, 1.54) is 6.07 Å². The molecule has 0 aromatic heterocycles.